The molecule has 1 aromatic heterocycles. The van der Waals surface area contributed by atoms with Crippen molar-refractivity contribution >= 4 is 46.2 Å². The lowest BCUT2D eigenvalue weighted by Crippen LogP contribution is -2.13. The minimum atomic E-state index is -1.64. The number of hydrogen-bond acceptors (Lipinski definition) is 6. The number of aromatic carboxylic acids is 2. The summed E-state index contributed by atoms with van der Waals surface area (Å²) < 4.78 is 0. The Bertz CT molecular complexity index is 712. The second kappa shape index (κ2) is 4.66. The molecule has 10 heteroatoms. The number of benzene rings is 1. The Kier molecular flexibility index (Phi) is 3.28. The summed E-state index contributed by atoms with van der Waals surface area (Å²) in [6.45, 7) is 0. The standard InChI is InChI=1S/C10H4Cl2N2O6/c11-1-3-4(2(12)8(16)7(1)15)14-6(10(19)20)5(13-3)9(17)18/h15-16H,(H,17,18)(H,19,20). The zero-order chi connectivity index (χ0) is 15.2. The summed E-state index contributed by atoms with van der Waals surface area (Å²) in [4.78, 5) is 29.0. The molecule has 0 amide bonds. The van der Waals surface area contributed by atoms with E-state index in [4.69, 9.17) is 33.4 Å². The van der Waals surface area contributed by atoms with Gasteiger partial charge in [0.15, 0.2) is 22.9 Å². The van der Waals surface area contributed by atoms with E-state index in [-0.39, 0.29) is 11.0 Å². The highest BCUT2D eigenvalue weighted by Crippen LogP contribution is 2.44. The number of hydrogen-bond donors (Lipinski definition) is 4. The molecule has 0 bridgehead atoms. The molecule has 0 aliphatic carbocycles. The van der Waals surface area contributed by atoms with Gasteiger partial charge in [-0.25, -0.2) is 19.6 Å². The zero-order valence-corrected chi connectivity index (χ0v) is 10.8. The van der Waals surface area contributed by atoms with Crippen LogP contribution in [0.25, 0.3) is 11.0 Å². The van der Waals surface area contributed by atoms with Gasteiger partial charge in [0, 0.05) is 0 Å². The largest absolute Gasteiger partial charge is 0.503 e. The lowest BCUT2D eigenvalue weighted by atomic mass is 10.2. The van der Waals surface area contributed by atoms with Gasteiger partial charge in [0.25, 0.3) is 0 Å². The molecule has 0 unspecified atom stereocenters. The number of aromatic hydroxyl groups is 2. The van der Waals surface area contributed by atoms with Crippen molar-refractivity contribution in [3.05, 3.63) is 21.4 Å². The third kappa shape index (κ3) is 1.95. The molecular formula is C10H4Cl2N2O6. The minimum absolute atomic E-state index is 0.339. The lowest BCUT2D eigenvalue weighted by Gasteiger charge is -2.09. The van der Waals surface area contributed by atoms with Crippen LogP contribution in [0.4, 0.5) is 0 Å². The monoisotopic (exact) mass is 318 g/mol. The molecule has 4 N–H and O–H groups in total. The second-order valence-electron chi connectivity index (χ2n) is 3.55. The topological polar surface area (TPSA) is 141 Å². The molecule has 0 aliphatic heterocycles. The maximum atomic E-state index is 11.0. The van der Waals surface area contributed by atoms with E-state index in [2.05, 4.69) is 9.97 Å². The van der Waals surface area contributed by atoms with Crippen molar-refractivity contribution < 1.29 is 30.0 Å². The Morgan fingerprint density at radius 1 is 0.800 bits per heavy atom. The number of halogens is 2. The number of rotatable bonds is 2. The van der Waals surface area contributed by atoms with Gasteiger partial charge in [-0.1, -0.05) is 23.2 Å². The number of phenols is 2. The molecule has 0 saturated carbocycles. The van der Waals surface area contributed by atoms with Crippen LogP contribution in [0.2, 0.25) is 10.0 Å². The summed E-state index contributed by atoms with van der Waals surface area (Å²) in [5.74, 6) is -4.90. The summed E-state index contributed by atoms with van der Waals surface area (Å²) in [5, 5.41) is 35.8. The first-order valence-electron chi connectivity index (χ1n) is 4.83. The van der Waals surface area contributed by atoms with Crippen molar-refractivity contribution in [1.82, 2.24) is 9.97 Å². The summed E-state index contributed by atoms with van der Waals surface area (Å²) in [6.07, 6.45) is 0. The molecule has 1 heterocycles. The van der Waals surface area contributed by atoms with Gasteiger partial charge in [-0.3, -0.25) is 0 Å². The molecule has 1 aromatic carbocycles. The first-order valence-corrected chi connectivity index (χ1v) is 5.58. The molecule has 0 radical (unpaired) electrons. The van der Waals surface area contributed by atoms with Gasteiger partial charge in [-0.15, -0.1) is 0 Å². The van der Waals surface area contributed by atoms with Gasteiger partial charge < -0.3 is 20.4 Å². The summed E-state index contributed by atoms with van der Waals surface area (Å²) in [5.41, 5.74) is -2.41. The van der Waals surface area contributed by atoms with Crippen LogP contribution in [0.3, 0.4) is 0 Å². The molecular weight excluding hydrogens is 315 g/mol. The highest BCUT2D eigenvalue weighted by atomic mass is 35.5. The van der Waals surface area contributed by atoms with Crippen LogP contribution >= 0.6 is 23.2 Å². The van der Waals surface area contributed by atoms with Gasteiger partial charge in [0.1, 0.15) is 21.1 Å². The lowest BCUT2D eigenvalue weighted by molar-refractivity contribution is 0.0642. The van der Waals surface area contributed by atoms with Crippen molar-refractivity contribution in [2.24, 2.45) is 0 Å². The fourth-order valence-electron chi connectivity index (χ4n) is 1.47. The van der Waals surface area contributed by atoms with Crippen LogP contribution in [-0.4, -0.2) is 42.3 Å². The van der Waals surface area contributed by atoms with Crippen LogP contribution in [0.1, 0.15) is 21.0 Å². The van der Waals surface area contributed by atoms with E-state index in [1.54, 1.807) is 0 Å². The Labute approximate surface area is 119 Å². The van der Waals surface area contributed by atoms with E-state index in [1.165, 1.54) is 0 Å². The van der Waals surface area contributed by atoms with Crippen molar-refractivity contribution in [2.45, 2.75) is 0 Å². The molecule has 20 heavy (non-hydrogen) atoms. The highest BCUT2D eigenvalue weighted by Gasteiger charge is 2.26. The minimum Gasteiger partial charge on any atom is -0.503 e. The van der Waals surface area contributed by atoms with E-state index >= 15 is 0 Å². The van der Waals surface area contributed by atoms with E-state index in [1.807, 2.05) is 0 Å². The van der Waals surface area contributed by atoms with Crippen LogP contribution in [0.15, 0.2) is 0 Å². The Morgan fingerprint density at radius 2 is 1.10 bits per heavy atom. The average Bonchev–Trinajstić information content (AvgIpc) is 2.41. The molecule has 0 atom stereocenters. The quantitative estimate of drug-likeness (QED) is 0.613. The van der Waals surface area contributed by atoms with Gasteiger partial charge in [-0.2, -0.15) is 0 Å². The van der Waals surface area contributed by atoms with Crippen LogP contribution < -0.4 is 0 Å². The van der Waals surface area contributed by atoms with Crippen molar-refractivity contribution in [3.63, 3.8) is 0 Å². The van der Waals surface area contributed by atoms with Crippen molar-refractivity contribution in [2.75, 3.05) is 0 Å². The van der Waals surface area contributed by atoms with Gasteiger partial charge in [-0.05, 0) is 0 Å². The number of carboxylic acids is 2. The number of fused-ring (bicyclic) bond motifs is 1. The third-order valence-corrected chi connectivity index (χ3v) is 3.07. The van der Waals surface area contributed by atoms with Gasteiger partial charge in [0.05, 0.1) is 0 Å². The number of phenolic OH excluding ortho intramolecular Hbond substituents is 2. The average molecular weight is 319 g/mol. The maximum absolute atomic E-state index is 11.0. The molecule has 0 saturated heterocycles. The molecule has 0 spiro atoms. The normalized spacial score (nSPS) is 10.7. The van der Waals surface area contributed by atoms with Crippen molar-refractivity contribution in [1.29, 1.82) is 0 Å². The van der Waals surface area contributed by atoms with E-state index in [9.17, 15) is 19.8 Å². The zero-order valence-electron chi connectivity index (χ0n) is 9.26. The Hall–Kier alpha value is -2.32. The fourth-order valence-corrected chi connectivity index (χ4v) is 1.91. The predicted octanol–water partition coefficient (Wildman–Crippen LogP) is 1.74. The highest BCUT2D eigenvalue weighted by molar-refractivity contribution is 6.42. The number of aromatic nitrogens is 2. The fraction of sp³-hybridized carbons (Fsp3) is 0. The van der Waals surface area contributed by atoms with E-state index in [0.29, 0.717) is 0 Å². The van der Waals surface area contributed by atoms with Crippen LogP contribution in [-0.2, 0) is 0 Å². The molecule has 2 rings (SSSR count). The third-order valence-electron chi connectivity index (χ3n) is 2.36. The first-order chi connectivity index (χ1) is 9.25. The SMILES string of the molecule is O=C(O)c1nc2c(Cl)c(O)c(O)c(Cl)c2nc1C(=O)O. The molecule has 0 fully saturated rings. The number of carbonyl (C=O) groups is 2. The van der Waals surface area contributed by atoms with Gasteiger partial charge >= 0.3 is 11.9 Å². The van der Waals surface area contributed by atoms with Crippen LogP contribution in [0, 0.1) is 0 Å². The van der Waals surface area contributed by atoms with Crippen LogP contribution in [0.5, 0.6) is 11.5 Å². The predicted molar refractivity (Wildman–Crippen MR) is 66.8 cm³/mol. The molecule has 104 valence electrons. The summed E-state index contributed by atoms with van der Waals surface area (Å²) in [6, 6.07) is 0. The number of nitrogens with zero attached hydrogens (tertiary/aromatic N) is 2. The first kappa shape index (κ1) is 14.1. The molecule has 0 aliphatic rings. The summed E-state index contributed by atoms with van der Waals surface area (Å²) >= 11 is 11.4. The number of carboxylic acid groups (broad SMARTS) is 2. The van der Waals surface area contributed by atoms with E-state index < -0.39 is 44.9 Å². The second-order valence-corrected chi connectivity index (χ2v) is 4.31. The Balaban J connectivity index is 3.03. The van der Waals surface area contributed by atoms with Gasteiger partial charge in [0.2, 0.25) is 0 Å². The maximum Gasteiger partial charge on any atom is 0.357 e. The summed E-state index contributed by atoms with van der Waals surface area (Å²) in [7, 11) is 0. The molecule has 2 aromatic rings. The Morgan fingerprint density at radius 3 is 1.35 bits per heavy atom. The van der Waals surface area contributed by atoms with Crippen molar-refractivity contribution in [3.8, 4) is 11.5 Å². The van der Waals surface area contributed by atoms with E-state index in [0.717, 1.165) is 0 Å². The molecule has 8 nitrogen and oxygen atoms in total. The smallest absolute Gasteiger partial charge is 0.357 e.